The predicted molar refractivity (Wildman–Crippen MR) is 138 cm³/mol. The number of likely N-dealkylation sites (tertiary alicyclic amines) is 1. The minimum absolute atomic E-state index is 0.0944. The number of rotatable bonds is 5. The van der Waals surface area contributed by atoms with Crippen molar-refractivity contribution in [2.24, 2.45) is 0 Å². The van der Waals surface area contributed by atoms with Crippen LogP contribution in [0.4, 0.5) is 0 Å². The number of carbonyl (C=O) groups is 1. The molecule has 1 N–H and O–H groups in total. The maximum absolute atomic E-state index is 13.0. The lowest BCUT2D eigenvalue weighted by atomic mass is 9.87. The molecular formula is C27H27ClN2O5S. The number of sulfone groups is 1. The second-order valence-corrected chi connectivity index (χ2v) is 11.9. The number of piperidine rings is 1. The molecule has 0 amide bonds. The maximum atomic E-state index is 13.0. The number of nitrogens with zero attached hydrogens (tertiary/aromatic N) is 2. The Morgan fingerprint density at radius 2 is 2.06 bits per heavy atom. The lowest BCUT2D eigenvalue weighted by Crippen LogP contribution is -2.50. The molecule has 1 spiro atoms. The molecule has 1 unspecified atom stereocenters. The first-order valence-electron chi connectivity index (χ1n) is 11.5. The van der Waals surface area contributed by atoms with E-state index in [0.29, 0.717) is 46.8 Å². The third-order valence-corrected chi connectivity index (χ3v) is 8.06. The molecule has 2 aliphatic heterocycles. The lowest BCUT2D eigenvalue weighted by Gasteiger charge is -2.39. The molecule has 1 saturated heterocycles. The van der Waals surface area contributed by atoms with E-state index in [-0.39, 0.29) is 16.2 Å². The van der Waals surface area contributed by atoms with Crippen molar-refractivity contribution in [3.05, 3.63) is 70.0 Å². The Bertz CT molecular complexity index is 1450. The van der Waals surface area contributed by atoms with Crippen LogP contribution in [0.2, 0.25) is 5.02 Å². The Kier molecular flexibility index (Phi) is 7.02. The monoisotopic (exact) mass is 526 g/mol. The number of nitriles is 1. The summed E-state index contributed by atoms with van der Waals surface area (Å²) in [5, 5.41) is 20.5. The molecule has 188 valence electrons. The summed E-state index contributed by atoms with van der Waals surface area (Å²) in [6.45, 7) is 5.31. The molecule has 2 aliphatic rings. The molecular weight excluding hydrogens is 500 g/mol. The van der Waals surface area contributed by atoms with E-state index < -0.39 is 21.4 Å². The van der Waals surface area contributed by atoms with E-state index in [9.17, 15) is 18.3 Å². The number of aryl methyl sites for hydroxylation is 1. The predicted octanol–water partition coefficient (Wildman–Crippen LogP) is 4.85. The van der Waals surface area contributed by atoms with Crippen molar-refractivity contribution in [3.63, 3.8) is 0 Å². The summed E-state index contributed by atoms with van der Waals surface area (Å²) in [5.74, 6) is -0.713. The van der Waals surface area contributed by atoms with Crippen LogP contribution >= 0.6 is 11.6 Å². The van der Waals surface area contributed by atoms with Crippen LogP contribution in [0.25, 0.3) is 16.7 Å². The second-order valence-electron chi connectivity index (χ2n) is 9.49. The Hall–Kier alpha value is -3.12. The fourth-order valence-corrected chi connectivity index (χ4v) is 5.87. The fourth-order valence-electron chi connectivity index (χ4n) is 4.93. The minimum Gasteiger partial charge on any atom is -0.507 e. The maximum Gasteiger partial charge on any atom is 0.343 e. The summed E-state index contributed by atoms with van der Waals surface area (Å²) in [5.41, 5.74) is 2.25. The van der Waals surface area contributed by atoms with E-state index in [0.717, 1.165) is 24.8 Å². The number of esters is 1. The van der Waals surface area contributed by atoms with Crippen molar-refractivity contribution in [2.45, 2.75) is 37.2 Å². The first kappa shape index (κ1) is 26.0. The quantitative estimate of drug-likeness (QED) is 0.438. The van der Waals surface area contributed by atoms with Gasteiger partial charge in [0.05, 0.1) is 11.0 Å². The Morgan fingerprint density at radius 3 is 2.75 bits per heavy atom. The van der Waals surface area contributed by atoms with Crippen molar-refractivity contribution in [1.82, 2.24) is 4.90 Å². The van der Waals surface area contributed by atoms with Crippen molar-refractivity contribution >= 4 is 33.0 Å². The number of benzene rings is 2. The van der Waals surface area contributed by atoms with Gasteiger partial charge in [-0.25, -0.2) is 13.2 Å². The van der Waals surface area contributed by atoms with Crippen LogP contribution in [-0.4, -0.2) is 55.9 Å². The van der Waals surface area contributed by atoms with Gasteiger partial charge in [0.2, 0.25) is 0 Å². The number of halogens is 1. The van der Waals surface area contributed by atoms with Crippen LogP contribution in [0, 0.1) is 18.3 Å². The van der Waals surface area contributed by atoms with Gasteiger partial charge in [-0.1, -0.05) is 23.7 Å². The van der Waals surface area contributed by atoms with Crippen LogP contribution in [-0.2, 0) is 19.4 Å². The summed E-state index contributed by atoms with van der Waals surface area (Å²) in [7, 11) is -3.39. The number of hydrogen-bond acceptors (Lipinski definition) is 7. The van der Waals surface area contributed by atoms with E-state index in [4.69, 9.17) is 21.6 Å². The molecule has 9 heteroatoms. The Balaban J connectivity index is 1.72. The fraction of sp³-hybridized carbons (Fsp3) is 0.333. The SMILES string of the molecule is C/C(=C/C#N)CN1CCCC2(C1)OC(=O)C(c1cc(Cl)c(-c3cccc(S(C)(=O)=O)c3)cc1C)=C2O. The van der Waals surface area contributed by atoms with Crippen molar-refractivity contribution in [1.29, 1.82) is 5.26 Å². The zero-order valence-corrected chi connectivity index (χ0v) is 21.9. The van der Waals surface area contributed by atoms with Gasteiger partial charge in [0.25, 0.3) is 0 Å². The van der Waals surface area contributed by atoms with Crippen molar-refractivity contribution in [2.75, 3.05) is 25.9 Å². The molecule has 7 nitrogen and oxygen atoms in total. The van der Waals surface area contributed by atoms with Crippen LogP contribution in [0.3, 0.4) is 0 Å². The molecule has 0 bridgehead atoms. The number of aliphatic hydroxyl groups is 1. The van der Waals surface area contributed by atoms with E-state index in [1.54, 1.807) is 37.3 Å². The molecule has 2 aromatic carbocycles. The molecule has 1 atom stereocenters. The molecule has 0 saturated carbocycles. The largest absolute Gasteiger partial charge is 0.507 e. The average Bonchev–Trinajstić information content (AvgIpc) is 3.03. The standard InChI is InChI=1S/C27H27ClN2O5S/c1-17(8-10-29)15-30-11-5-9-27(16-30)25(31)24(26(32)35-27)21-14-23(28)22(12-18(21)2)19-6-4-7-20(13-19)36(3,33)34/h4,6-8,12-14,31H,5,9,11,15-16H2,1-3H3/b17-8-. The highest BCUT2D eigenvalue weighted by molar-refractivity contribution is 7.90. The number of ether oxygens (including phenoxy) is 1. The van der Waals surface area contributed by atoms with Crippen LogP contribution < -0.4 is 0 Å². The van der Waals surface area contributed by atoms with Crippen LogP contribution in [0.5, 0.6) is 0 Å². The number of aliphatic hydroxyl groups excluding tert-OH is 1. The molecule has 0 radical (unpaired) electrons. The summed E-state index contributed by atoms with van der Waals surface area (Å²) in [6, 6.07) is 11.9. The zero-order chi connectivity index (χ0) is 26.3. The molecule has 2 aromatic rings. The van der Waals surface area contributed by atoms with Gasteiger partial charge < -0.3 is 9.84 Å². The number of hydrogen-bond donors (Lipinski definition) is 1. The first-order valence-corrected chi connectivity index (χ1v) is 13.8. The Labute approximate surface area is 216 Å². The third-order valence-electron chi connectivity index (χ3n) is 6.64. The van der Waals surface area contributed by atoms with Gasteiger partial charge in [-0.2, -0.15) is 5.26 Å². The minimum atomic E-state index is -3.39. The van der Waals surface area contributed by atoms with Crippen molar-refractivity contribution in [3.8, 4) is 17.2 Å². The summed E-state index contributed by atoms with van der Waals surface area (Å²) in [4.78, 5) is 15.3. The van der Waals surface area contributed by atoms with Gasteiger partial charge in [0.15, 0.2) is 21.2 Å². The molecule has 36 heavy (non-hydrogen) atoms. The Morgan fingerprint density at radius 1 is 1.31 bits per heavy atom. The zero-order valence-electron chi connectivity index (χ0n) is 20.3. The molecule has 0 aromatic heterocycles. The average molecular weight is 527 g/mol. The second kappa shape index (κ2) is 9.74. The van der Waals surface area contributed by atoms with Gasteiger partial charge in [0.1, 0.15) is 5.57 Å². The van der Waals surface area contributed by atoms with E-state index in [2.05, 4.69) is 4.90 Å². The van der Waals surface area contributed by atoms with E-state index in [1.807, 2.05) is 13.0 Å². The smallest absolute Gasteiger partial charge is 0.343 e. The van der Waals surface area contributed by atoms with E-state index in [1.165, 1.54) is 12.1 Å². The van der Waals surface area contributed by atoms with Crippen LogP contribution in [0.1, 0.15) is 30.9 Å². The van der Waals surface area contributed by atoms with Crippen LogP contribution in [0.15, 0.2) is 58.7 Å². The summed E-state index contributed by atoms with van der Waals surface area (Å²) >= 11 is 6.62. The van der Waals surface area contributed by atoms with Crippen molar-refractivity contribution < 1.29 is 23.1 Å². The van der Waals surface area contributed by atoms with Gasteiger partial charge in [-0.15, -0.1) is 0 Å². The van der Waals surface area contributed by atoms with Gasteiger partial charge in [-0.05, 0) is 79.8 Å². The molecule has 1 fully saturated rings. The number of carbonyl (C=O) groups excluding carboxylic acids is 1. The van der Waals surface area contributed by atoms with Gasteiger partial charge in [-0.3, -0.25) is 4.90 Å². The highest BCUT2D eigenvalue weighted by Gasteiger charge is 2.51. The topological polar surface area (TPSA) is 108 Å². The highest BCUT2D eigenvalue weighted by Crippen LogP contribution is 2.44. The summed E-state index contributed by atoms with van der Waals surface area (Å²) < 4.78 is 29.8. The van der Waals surface area contributed by atoms with Gasteiger partial charge >= 0.3 is 5.97 Å². The molecule has 4 rings (SSSR count). The van der Waals surface area contributed by atoms with E-state index >= 15 is 0 Å². The highest BCUT2D eigenvalue weighted by atomic mass is 35.5. The van der Waals surface area contributed by atoms with Gasteiger partial charge in [0, 0.05) is 36.0 Å². The normalized spacial score (nSPS) is 21.1. The third kappa shape index (κ3) is 4.92. The number of allylic oxidation sites excluding steroid dienone is 1. The molecule has 2 heterocycles. The lowest BCUT2D eigenvalue weighted by molar-refractivity contribution is -0.151. The first-order chi connectivity index (χ1) is 16.9. The summed E-state index contributed by atoms with van der Waals surface area (Å²) in [6.07, 6.45) is 3.85. The molecule has 0 aliphatic carbocycles.